The van der Waals surface area contributed by atoms with E-state index in [1.807, 2.05) is 6.92 Å². The summed E-state index contributed by atoms with van der Waals surface area (Å²) in [4.78, 5) is 11.5. The number of amides is 2. The minimum Gasteiger partial charge on any atom is -0.338 e. The molecule has 0 bridgehead atoms. The number of halogens is 1. The second-order valence-electron chi connectivity index (χ2n) is 4.05. The van der Waals surface area contributed by atoms with Crippen molar-refractivity contribution in [2.45, 2.75) is 33.1 Å². The molecule has 0 radical (unpaired) electrons. The Morgan fingerprint density at radius 2 is 2.12 bits per heavy atom. The van der Waals surface area contributed by atoms with Gasteiger partial charge in [0.25, 0.3) is 0 Å². The van der Waals surface area contributed by atoms with E-state index < -0.39 is 0 Å². The van der Waals surface area contributed by atoms with Crippen molar-refractivity contribution in [2.24, 2.45) is 0 Å². The number of anilines is 1. The van der Waals surface area contributed by atoms with Crippen molar-refractivity contribution in [3.8, 4) is 0 Å². The van der Waals surface area contributed by atoms with Gasteiger partial charge in [-0.2, -0.15) is 0 Å². The predicted molar refractivity (Wildman–Crippen MR) is 67.7 cm³/mol. The Hall–Kier alpha value is -1.58. The summed E-state index contributed by atoms with van der Waals surface area (Å²) in [6, 6.07) is 4.05. The van der Waals surface area contributed by atoms with Gasteiger partial charge in [0.05, 0.1) is 0 Å². The molecule has 0 saturated heterocycles. The quantitative estimate of drug-likeness (QED) is 0.758. The van der Waals surface area contributed by atoms with Crippen LogP contribution in [0.15, 0.2) is 18.2 Å². The smallest absolute Gasteiger partial charge is 0.319 e. The highest BCUT2D eigenvalue weighted by molar-refractivity contribution is 5.89. The van der Waals surface area contributed by atoms with Crippen molar-refractivity contribution in [3.63, 3.8) is 0 Å². The van der Waals surface area contributed by atoms with Crippen LogP contribution in [0.5, 0.6) is 0 Å². The normalized spacial score (nSPS) is 10.1. The largest absolute Gasteiger partial charge is 0.338 e. The molecule has 1 aromatic rings. The first kappa shape index (κ1) is 13.5. The van der Waals surface area contributed by atoms with E-state index in [-0.39, 0.29) is 11.8 Å². The molecule has 0 spiro atoms. The summed E-state index contributed by atoms with van der Waals surface area (Å²) < 4.78 is 13.0. The lowest BCUT2D eigenvalue weighted by molar-refractivity contribution is 0.252. The van der Waals surface area contributed by atoms with Crippen LogP contribution in [0.4, 0.5) is 14.9 Å². The molecule has 3 nitrogen and oxygen atoms in total. The van der Waals surface area contributed by atoms with Crippen LogP contribution in [0, 0.1) is 12.7 Å². The van der Waals surface area contributed by atoms with Gasteiger partial charge in [-0.1, -0.05) is 25.8 Å². The predicted octanol–water partition coefficient (Wildman–Crippen LogP) is 3.45. The van der Waals surface area contributed by atoms with Gasteiger partial charge < -0.3 is 10.6 Å². The van der Waals surface area contributed by atoms with Crippen LogP contribution in [0.2, 0.25) is 0 Å². The molecule has 0 aromatic heterocycles. The first-order chi connectivity index (χ1) is 8.13. The Bertz CT molecular complexity index is 380. The average molecular weight is 238 g/mol. The van der Waals surface area contributed by atoms with Crippen molar-refractivity contribution >= 4 is 11.7 Å². The van der Waals surface area contributed by atoms with E-state index in [0.29, 0.717) is 12.2 Å². The molecular weight excluding hydrogens is 219 g/mol. The minimum absolute atomic E-state index is 0.283. The van der Waals surface area contributed by atoms with Crippen LogP contribution in [-0.4, -0.2) is 12.6 Å². The third-order valence-corrected chi connectivity index (χ3v) is 2.51. The summed E-state index contributed by atoms with van der Waals surface area (Å²) in [5, 5.41) is 5.38. The molecule has 94 valence electrons. The van der Waals surface area contributed by atoms with Crippen LogP contribution in [0.1, 0.15) is 31.7 Å². The maximum Gasteiger partial charge on any atom is 0.319 e. The number of nitrogens with one attached hydrogen (secondary N) is 2. The lowest BCUT2D eigenvalue weighted by Gasteiger charge is -2.09. The van der Waals surface area contributed by atoms with E-state index in [9.17, 15) is 9.18 Å². The summed E-state index contributed by atoms with van der Waals surface area (Å²) in [7, 11) is 0. The molecule has 2 N–H and O–H groups in total. The number of carbonyl (C=O) groups excluding carboxylic acids is 1. The summed E-state index contributed by atoms with van der Waals surface area (Å²) in [5.74, 6) is -0.350. The maximum absolute atomic E-state index is 13.0. The van der Waals surface area contributed by atoms with E-state index in [0.717, 1.165) is 24.8 Å². The molecule has 0 aliphatic rings. The molecule has 1 rings (SSSR count). The SMILES string of the molecule is CCCCCNC(=O)Nc1cc(F)ccc1C. The second-order valence-corrected chi connectivity index (χ2v) is 4.05. The molecule has 0 saturated carbocycles. The van der Waals surface area contributed by atoms with Crippen molar-refractivity contribution in [3.05, 3.63) is 29.6 Å². The molecule has 0 heterocycles. The zero-order chi connectivity index (χ0) is 12.7. The van der Waals surface area contributed by atoms with E-state index >= 15 is 0 Å². The molecule has 17 heavy (non-hydrogen) atoms. The summed E-state index contributed by atoms with van der Waals surface area (Å²) in [5.41, 5.74) is 1.35. The Morgan fingerprint density at radius 1 is 1.35 bits per heavy atom. The van der Waals surface area contributed by atoms with Gasteiger partial charge in [-0.15, -0.1) is 0 Å². The van der Waals surface area contributed by atoms with Gasteiger partial charge in [0.2, 0.25) is 0 Å². The van der Waals surface area contributed by atoms with Crippen LogP contribution >= 0.6 is 0 Å². The van der Waals surface area contributed by atoms with Gasteiger partial charge in [-0.25, -0.2) is 9.18 Å². The van der Waals surface area contributed by atoms with Crippen molar-refractivity contribution in [1.29, 1.82) is 0 Å². The third kappa shape index (κ3) is 4.85. The van der Waals surface area contributed by atoms with Crippen molar-refractivity contribution in [1.82, 2.24) is 5.32 Å². The van der Waals surface area contributed by atoms with E-state index in [2.05, 4.69) is 17.6 Å². The number of unbranched alkanes of at least 4 members (excludes halogenated alkanes) is 2. The first-order valence-electron chi connectivity index (χ1n) is 5.94. The van der Waals surface area contributed by atoms with Gasteiger partial charge in [-0.3, -0.25) is 0 Å². The van der Waals surface area contributed by atoms with Crippen LogP contribution in [0.25, 0.3) is 0 Å². The molecule has 0 unspecified atom stereocenters. The fourth-order valence-electron chi connectivity index (χ4n) is 1.47. The van der Waals surface area contributed by atoms with Crippen LogP contribution < -0.4 is 10.6 Å². The van der Waals surface area contributed by atoms with Gasteiger partial charge in [0, 0.05) is 12.2 Å². The Morgan fingerprint density at radius 3 is 2.82 bits per heavy atom. The number of rotatable bonds is 5. The number of hydrogen-bond acceptors (Lipinski definition) is 1. The Labute approximate surface area is 101 Å². The summed E-state index contributed by atoms with van der Waals surface area (Å²) in [6.07, 6.45) is 3.18. The molecule has 0 atom stereocenters. The lowest BCUT2D eigenvalue weighted by Crippen LogP contribution is -2.29. The number of aryl methyl sites for hydroxylation is 1. The molecule has 2 amide bonds. The molecular formula is C13H19FN2O. The van der Waals surface area contributed by atoms with Gasteiger partial charge in [-0.05, 0) is 31.0 Å². The molecule has 1 aromatic carbocycles. The number of benzene rings is 1. The molecule has 4 heteroatoms. The van der Waals surface area contributed by atoms with Gasteiger partial charge >= 0.3 is 6.03 Å². The van der Waals surface area contributed by atoms with Crippen LogP contribution in [0.3, 0.4) is 0 Å². The van der Waals surface area contributed by atoms with E-state index in [4.69, 9.17) is 0 Å². The average Bonchev–Trinajstić information content (AvgIpc) is 2.29. The molecule has 0 fully saturated rings. The van der Waals surface area contributed by atoms with Gasteiger partial charge in [0.1, 0.15) is 5.82 Å². The number of urea groups is 1. The summed E-state index contributed by atoms with van der Waals surface area (Å²) in [6.45, 7) is 4.58. The monoisotopic (exact) mass is 238 g/mol. The van der Waals surface area contributed by atoms with E-state index in [1.54, 1.807) is 6.07 Å². The zero-order valence-corrected chi connectivity index (χ0v) is 10.3. The third-order valence-electron chi connectivity index (χ3n) is 2.51. The topological polar surface area (TPSA) is 41.1 Å². The highest BCUT2D eigenvalue weighted by atomic mass is 19.1. The standard InChI is InChI=1S/C13H19FN2O/c1-3-4-5-8-15-13(17)16-12-9-11(14)7-6-10(12)2/h6-7,9H,3-5,8H2,1-2H3,(H2,15,16,17). The molecule has 0 aliphatic carbocycles. The van der Waals surface area contributed by atoms with Gasteiger partial charge in [0.15, 0.2) is 0 Å². The van der Waals surface area contributed by atoms with Crippen molar-refractivity contribution < 1.29 is 9.18 Å². The highest BCUT2D eigenvalue weighted by Crippen LogP contribution is 2.15. The van der Waals surface area contributed by atoms with E-state index in [1.165, 1.54) is 12.1 Å². The Balaban J connectivity index is 2.42. The highest BCUT2D eigenvalue weighted by Gasteiger charge is 2.04. The van der Waals surface area contributed by atoms with Crippen molar-refractivity contribution in [2.75, 3.05) is 11.9 Å². The number of hydrogen-bond donors (Lipinski definition) is 2. The fraction of sp³-hybridized carbons (Fsp3) is 0.462. The lowest BCUT2D eigenvalue weighted by atomic mass is 10.2. The number of carbonyl (C=O) groups is 1. The van der Waals surface area contributed by atoms with Crippen LogP contribution in [-0.2, 0) is 0 Å². The first-order valence-corrected chi connectivity index (χ1v) is 5.94. The maximum atomic E-state index is 13.0. The zero-order valence-electron chi connectivity index (χ0n) is 10.3. The molecule has 0 aliphatic heterocycles. The minimum atomic E-state index is -0.350. The summed E-state index contributed by atoms with van der Waals surface area (Å²) >= 11 is 0. The second kappa shape index (κ2) is 6.89. The Kier molecular flexibility index (Phi) is 5.46. The fourth-order valence-corrected chi connectivity index (χ4v) is 1.47.